The monoisotopic (exact) mass is 446 g/mol. The van der Waals surface area contributed by atoms with Gasteiger partial charge in [-0.3, -0.25) is 9.69 Å². The van der Waals surface area contributed by atoms with Crippen molar-refractivity contribution in [2.24, 2.45) is 0 Å². The van der Waals surface area contributed by atoms with Crippen molar-refractivity contribution < 1.29 is 23.1 Å². The normalized spacial score (nSPS) is 15.0. The lowest BCUT2D eigenvalue weighted by Crippen LogP contribution is -2.48. The second-order valence-corrected chi connectivity index (χ2v) is 7.40. The van der Waals surface area contributed by atoms with Gasteiger partial charge in [-0.2, -0.15) is 18.3 Å². The van der Waals surface area contributed by atoms with Crippen LogP contribution in [-0.2, 0) is 11.0 Å². The molecule has 0 saturated carbocycles. The molecule has 2 N–H and O–H groups in total. The van der Waals surface area contributed by atoms with Crippen molar-refractivity contribution >= 4 is 17.3 Å². The third-order valence-corrected chi connectivity index (χ3v) is 5.22. The zero-order valence-corrected chi connectivity index (χ0v) is 17.0. The van der Waals surface area contributed by atoms with Crippen LogP contribution < -0.4 is 10.2 Å². The predicted molar refractivity (Wildman–Crippen MR) is 112 cm³/mol. The van der Waals surface area contributed by atoms with Gasteiger partial charge in [0.2, 0.25) is 5.91 Å². The van der Waals surface area contributed by atoms with Crippen molar-refractivity contribution in [1.82, 2.24) is 19.7 Å². The van der Waals surface area contributed by atoms with Crippen LogP contribution in [0, 0.1) is 0 Å². The summed E-state index contributed by atoms with van der Waals surface area (Å²) in [7, 11) is 0. The Morgan fingerprint density at radius 3 is 2.41 bits per heavy atom. The van der Waals surface area contributed by atoms with Gasteiger partial charge in [0, 0.05) is 31.9 Å². The van der Waals surface area contributed by atoms with Gasteiger partial charge in [0.15, 0.2) is 0 Å². The average Bonchev–Trinajstić information content (AvgIpc) is 3.29. The highest BCUT2D eigenvalue weighted by Gasteiger charge is 2.31. The number of amides is 1. The van der Waals surface area contributed by atoms with Crippen LogP contribution in [0.4, 0.5) is 24.5 Å². The number of anilines is 2. The minimum absolute atomic E-state index is 0.0121. The Hall–Kier alpha value is -3.60. The van der Waals surface area contributed by atoms with E-state index in [0.29, 0.717) is 31.9 Å². The largest absolute Gasteiger partial charge is 0.508 e. The van der Waals surface area contributed by atoms with Crippen LogP contribution in [0.25, 0.3) is 5.69 Å². The van der Waals surface area contributed by atoms with Gasteiger partial charge in [0.05, 0.1) is 23.5 Å². The van der Waals surface area contributed by atoms with Crippen molar-refractivity contribution in [3.63, 3.8) is 0 Å². The van der Waals surface area contributed by atoms with Crippen LogP contribution in [0.5, 0.6) is 5.75 Å². The number of benzene rings is 2. The Labute approximate surface area is 181 Å². The van der Waals surface area contributed by atoms with Crippen LogP contribution in [0.1, 0.15) is 5.56 Å². The van der Waals surface area contributed by atoms with E-state index in [2.05, 4.69) is 20.3 Å². The Morgan fingerprint density at radius 2 is 1.78 bits per heavy atom. The fraction of sp³-hybridized carbons (Fsp3) is 0.286. The second-order valence-electron chi connectivity index (χ2n) is 7.40. The molecule has 0 unspecified atom stereocenters. The smallest absolute Gasteiger partial charge is 0.416 e. The molecule has 2 heterocycles. The number of nitrogens with zero attached hydrogens (tertiary/aromatic N) is 5. The molecule has 1 amide bonds. The summed E-state index contributed by atoms with van der Waals surface area (Å²) in [6, 6.07) is 10.00. The highest BCUT2D eigenvalue weighted by molar-refractivity contribution is 5.94. The molecule has 3 aromatic rings. The number of hydrogen-bond donors (Lipinski definition) is 2. The number of phenols is 1. The number of hydrogen-bond acceptors (Lipinski definition) is 6. The molecule has 2 aromatic carbocycles. The van der Waals surface area contributed by atoms with Gasteiger partial charge in [-0.1, -0.05) is 0 Å². The maximum Gasteiger partial charge on any atom is 0.416 e. The van der Waals surface area contributed by atoms with Crippen LogP contribution in [0.2, 0.25) is 0 Å². The number of halogens is 3. The topological polar surface area (TPSA) is 86.5 Å². The quantitative estimate of drug-likeness (QED) is 0.627. The third-order valence-electron chi connectivity index (χ3n) is 5.22. The minimum atomic E-state index is -4.54. The maximum atomic E-state index is 13.2. The number of aromatic nitrogens is 3. The summed E-state index contributed by atoms with van der Waals surface area (Å²) in [5, 5.41) is 16.0. The van der Waals surface area contributed by atoms with Gasteiger partial charge in [-0.05, 0) is 42.5 Å². The molecule has 1 aliphatic heterocycles. The lowest BCUT2D eigenvalue weighted by atomic mass is 10.1. The SMILES string of the molecule is O=C(CN1CCN(c2ccc(O)cc2)CC1)Nc1cc(C(F)(F)F)ccc1-n1cncn1. The van der Waals surface area contributed by atoms with E-state index in [1.54, 1.807) is 12.1 Å². The van der Waals surface area contributed by atoms with E-state index < -0.39 is 17.6 Å². The van der Waals surface area contributed by atoms with E-state index in [1.165, 1.54) is 23.4 Å². The van der Waals surface area contributed by atoms with Crippen molar-refractivity contribution in [2.75, 3.05) is 42.9 Å². The van der Waals surface area contributed by atoms with Gasteiger partial charge in [0.25, 0.3) is 0 Å². The van der Waals surface area contributed by atoms with Crippen molar-refractivity contribution in [3.8, 4) is 11.4 Å². The van der Waals surface area contributed by atoms with Crippen LogP contribution in [0.3, 0.4) is 0 Å². The first-order valence-electron chi connectivity index (χ1n) is 9.92. The number of alkyl halides is 3. The first kappa shape index (κ1) is 21.6. The molecule has 1 fully saturated rings. The first-order chi connectivity index (χ1) is 15.3. The molecule has 4 rings (SSSR count). The number of rotatable bonds is 5. The van der Waals surface area contributed by atoms with E-state index in [4.69, 9.17) is 0 Å². The average molecular weight is 446 g/mol. The molecule has 0 bridgehead atoms. The Balaban J connectivity index is 1.41. The van der Waals surface area contributed by atoms with E-state index >= 15 is 0 Å². The molecule has 11 heteroatoms. The number of aromatic hydroxyl groups is 1. The summed E-state index contributed by atoms with van der Waals surface area (Å²) < 4.78 is 40.8. The Kier molecular flexibility index (Phi) is 5.99. The van der Waals surface area contributed by atoms with Gasteiger partial charge >= 0.3 is 6.18 Å². The lowest BCUT2D eigenvalue weighted by Gasteiger charge is -2.35. The first-order valence-corrected chi connectivity index (χ1v) is 9.92. The summed E-state index contributed by atoms with van der Waals surface area (Å²) >= 11 is 0. The maximum absolute atomic E-state index is 13.2. The number of piperazine rings is 1. The summed E-state index contributed by atoms with van der Waals surface area (Å²) in [5.41, 5.74) is 0.423. The van der Waals surface area contributed by atoms with Gasteiger partial charge in [-0.15, -0.1) is 0 Å². The van der Waals surface area contributed by atoms with E-state index in [1.807, 2.05) is 17.0 Å². The summed E-state index contributed by atoms with van der Waals surface area (Å²) in [4.78, 5) is 20.5. The Morgan fingerprint density at radius 1 is 1.06 bits per heavy atom. The molecule has 1 aliphatic rings. The molecule has 1 saturated heterocycles. The lowest BCUT2D eigenvalue weighted by molar-refractivity contribution is -0.137. The molecular weight excluding hydrogens is 425 g/mol. The fourth-order valence-corrected chi connectivity index (χ4v) is 3.57. The van der Waals surface area contributed by atoms with E-state index in [-0.39, 0.29) is 18.0 Å². The second kappa shape index (κ2) is 8.87. The molecule has 0 aliphatic carbocycles. The highest BCUT2D eigenvalue weighted by atomic mass is 19.4. The van der Waals surface area contributed by atoms with Crippen molar-refractivity contribution in [3.05, 3.63) is 60.7 Å². The van der Waals surface area contributed by atoms with Gasteiger partial charge in [-0.25, -0.2) is 9.67 Å². The van der Waals surface area contributed by atoms with Crippen molar-refractivity contribution in [2.45, 2.75) is 6.18 Å². The van der Waals surface area contributed by atoms with Crippen molar-refractivity contribution in [1.29, 1.82) is 0 Å². The molecule has 0 spiro atoms. The summed E-state index contributed by atoms with van der Waals surface area (Å²) in [6.45, 7) is 2.66. The standard InChI is InChI=1S/C21H21F3N6O2/c22-21(23,24)15-1-6-19(30-14-25-13-26-30)18(11-15)27-20(32)12-28-7-9-29(10-8-28)16-2-4-17(31)5-3-16/h1-6,11,13-14,31H,7-10,12H2,(H,27,32). The number of phenolic OH excluding ortho intramolecular Hbond substituents is 1. The van der Waals surface area contributed by atoms with Gasteiger partial charge in [0.1, 0.15) is 18.4 Å². The zero-order chi connectivity index (χ0) is 22.7. The molecular formula is C21H21F3N6O2. The molecule has 32 heavy (non-hydrogen) atoms. The molecule has 1 aromatic heterocycles. The molecule has 8 nitrogen and oxygen atoms in total. The molecule has 168 valence electrons. The molecule has 0 atom stereocenters. The number of carbonyl (C=O) groups is 1. The number of nitrogens with one attached hydrogen (secondary N) is 1. The van der Waals surface area contributed by atoms with E-state index in [9.17, 15) is 23.1 Å². The number of carbonyl (C=O) groups excluding carboxylic acids is 1. The van der Waals surface area contributed by atoms with Gasteiger partial charge < -0.3 is 15.3 Å². The highest BCUT2D eigenvalue weighted by Crippen LogP contribution is 2.33. The van der Waals surface area contributed by atoms with Crippen LogP contribution in [-0.4, -0.2) is 63.4 Å². The van der Waals surface area contributed by atoms with Crippen LogP contribution >= 0.6 is 0 Å². The summed E-state index contributed by atoms with van der Waals surface area (Å²) in [6.07, 6.45) is -1.93. The van der Waals surface area contributed by atoms with E-state index in [0.717, 1.165) is 17.8 Å². The minimum Gasteiger partial charge on any atom is -0.508 e. The van der Waals surface area contributed by atoms with Crippen LogP contribution in [0.15, 0.2) is 55.1 Å². The third kappa shape index (κ3) is 4.99. The zero-order valence-electron chi connectivity index (χ0n) is 17.0. The Bertz CT molecular complexity index is 1060. The molecule has 0 radical (unpaired) electrons. The fourth-order valence-electron chi connectivity index (χ4n) is 3.57. The summed E-state index contributed by atoms with van der Waals surface area (Å²) in [5.74, 6) is -0.215. The predicted octanol–water partition coefficient (Wildman–Crippen LogP) is 2.75.